The summed E-state index contributed by atoms with van der Waals surface area (Å²) >= 11 is 1.67. The Morgan fingerprint density at radius 3 is 2.71 bits per heavy atom. The predicted octanol–water partition coefficient (Wildman–Crippen LogP) is 2.39. The number of carboxylic acids is 1. The molecule has 1 aromatic rings. The van der Waals surface area contributed by atoms with E-state index >= 15 is 0 Å². The van der Waals surface area contributed by atoms with Crippen molar-refractivity contribution in [2.24, 2.45) is 0 Å². The number of benzene rings is 1. The zero-order chi connectivity index (χ0) is 13.0. The fourth-order valence-electron chi connectivity index (χ4n) is 1.20. The minimum absolute atomic E-state index is 0.112. The molecule has 0 aliphatic rings. The second-order valence-corrected chi connectivity index (χ2v) is 4.05. The third kappa shape index (κ3) is 3.52. The van der Waals surface area contributed by atoms with Gasteiger partial charge in [0, 0.05) is 5.56 Å². The summed E-state index contributed by atoms with van der Waals surface area (Å²) in [6, 6.07) is 4.48. The first-order valence-electron chi connectivity index (χ1n) is 4.33. The van der Waals surface area contributed by atoms with Crippen LogP contribution in [0.4, 0.5) is 8.78 Å². The Bertz CT molecular complexity index is 485. The van der Waals surface area contributed by atoms with Crippen LogP contribution in [0.15, 0.2) is 12.1 Å². The van der Waals surface area contributed by atoms with E-state index in [4.69, 9.17) is 10.4 Å². The molecule has 0 radical (unpaired) electrons. The van der Waals surface area contributed by atoms with Crippen LogP contribution in [0.25, 0.3) is 0 Å². The Morgan fingerprint density at radius 2 is 2.24 bits per heavy atom. The molecule has 1 aromatic carbocycles. The van der Waals surface area contributed by atoms with E-state index in [-0.39, 0.29) is 20.4 Å². The number of aliphatic carboxylic acids is 1. The SMILES string of the molecule is N#Cc1ccc(CC(=O)O)c(OC(F)F)c1I. The second kappa shape index (κ2) is 5.77. The maximum absolute atomic E-state index is 12.2. The highest BCUT2D eigenvalue weighted by Crippen LogP contribution is 2.30. The molecule has 0 saturated carbocycles. The summed E-state index contributed by atoms with van der Waals surface area (Å²) in [5.74, 6) is -1.41. The van der Waals surface area contributed by atoms with Crippen LogP contribution in [0.2, 0.25) is 0 Å². The van der Waals surface area contributed by atoms with E-state index in [0.717, 1.165) is 0 Å². The van der Waals surface area contributed by atoms with Crippen molar-refractivity contribution in [3.8, 4) is 11.8 Å². The van der Waals surface area contributed by atoms with E-state index in [2.05, 4.69) is 4.74 Å². The zero-order valence-corrected chi connectivity index (χ0v) is 10.4. The molecule has 4 nitrogen and oxygen atoms in total. The van der Waals surface area contributed by atoms with Gasteiger partial charge in [-0.05, 0) is 28.7 Å². The maximum atomic E-state index is 12.2. The highest BCUT2D eigenvalue weighted by atomic mass is 127. The van der Waals surface area contributed by atoms with Crippen molar-refractivity contribution in [2.45, 2.75) is 13.0 Å². The molecule has 0 bridgehead atoms. The molecule has 0 spiro atoms. The Hall–Kier alpha value is -1.43. The van der Waals surface area contributed by atoms with Crippen LogP contribution in [0.3, 0.4) is 0 Å². The molecule has 0 amide bonds. The van der Waals surface area contributed by atoms with Gasteiger partial charge >= 0.3 is 12.6 Å². The van der Waals surface area contributed by atoms with Crippen LogP contribution in [-0.2, 0) is 11.2 Å². The topological polar surface area (TPSA) is 70.3 Å². The van der Waals surface area contributed by atoms with Crippen molar-refractivity contribution in [3.63, 3.8) is 0 Å². The molecule has 0 heterocycles. The number of nitrogens with zero attached hydrogens (tertiary/aromatic N) is 1. The molecule has 0 saturated heterocycles. The summed E-state index contributed by atoms with van der Waals surface area (Å²) in [6.45, 7) is -3.06. The van der Waals surface area contributed by atoms with Crippen LogP contribution in [0.5, 0.6) is 5.75 Å². The maximum Gasteiger partial charge on any atom is 0.387 e. The fourth-order valence-corrected chi connectivity index (χ4v) is 1.97. The molecule has 7 heteroatoms. The van der Waals surface area contributed by atoms with Gasteiger partial charge in [0.05, 0.1) is 15.6 Å². The van der Waals surface area contributed by atoms with Crippen molar-refractivity contribution < 1.29 is 23.4 Å². The number of hydrogen-bond donors (Lipinski definition) is 1. The Kier molecular flexibility index (Phi) is 4.62. The number of alkyl halides is 2. The number of nitriles is 1. The van der Waals surface area contributed by atoms with Gasteiger partial charge in [-0.25, -0.2) is 0 Å². The highest BCUT2D eigenvalue weighted by Gasteiger charge is 2.18. The lowest BCUT2D eigenvalue weighted by Gasteiger charge is -2.12. The standard InChI is InChI=1S/C10H6F2INO3/c11-10(12)17-9-5(3-7(15)16)1-2-6(4-14)8(9)13/h1-2,10H,3H2,(H,15,16). The number of ether oxygens (including phenoxy) is 1. The summed E-state index contributed by atoms with van der Waals surface area (Å²) < 4.78 is 28.8. The van der Waals surface area contributed by atoms with E-state index in [1.807, 2.05) is 6.07 Å². The molecule has 90 valence electrons. The highest BCUT2D eigenvalue weighted by molar-refractivity contribution is 14.1. The van der Waals surface area contributed by atoms with Crippen LogP contribution in [0, 0.1) is 14.9 Å². The van der Waals surface area contributed by atoms with Gasteiger partial charge in [-0.15, -0.1) is 0 Å². The quantitative estimate of drug-likeness (QED) is 0.844. The molecular formula is C10H6F2INO3. The lowest BCUT2D eigenvalue weighted by Crippen LogP contribution is -2.09. The summed E-state index contributed by atoms with van der Waals surface area (Å²) in [7, 11) is 0. The van der Waals surface area contributed by atoms with Crippen LogP contribution < -0.4 is 4.74 Å². The summed E-state index contributed by atoms with van der Waals surface area (Å²) in [6.07, 6.45) is -0.441. The first kappa shape index (κ1) is 13.6. The second-order valence-electron chi connectivity index (χ2n) is 2.98. The van der Waals surface area contributed by atoms with Crippen LogP contribution in [0.1, 0.15) is 11.1 Å². The third-order valence-electron chi connectivity index (χ3n) is 1.85. The van der Waals surface area contributed by atoms with Gasteiger partial charge in [0.15, 0.2) is 0 Å². The molecule has 0 aliphatic carbocycles. The Labute approximate surface area is 109 Å². The summed E-state index contributed by atoms with van der Waals surface area (Å²) in [5, 5.41) is 17.4. The van der Waals surface area contributed by atoms with Gasteiger partial charge in [-0.3, -0.25) is 4.79 Å². The van der Waals surface area contributed by atoms with Crippen molar-refractivity contribution in [1.29, 1.82) is 5.26 Å². The van der Waals surface area contributed by atoms with Gasteiger partial charge < -0.3 is 9.84 Å². The first-order chi connectivity index (χ1) is 7.95. The molecule has 17 heavy (non-hydrogen) atoms. The zero-order valence-electron chi connectivity index (χ0n) is 8.28. The van der Waals surface area contributed by atoms with Crippen molar-refractivity contribution in [1.82, 2.24) is 0 Å². The lowest BCUT2D eigenvalue weighted by atomic mass is 10.1. The summed E-state index contributed by atoms with van der Waals surface area (Å²) in [5.41, 5.74) is 0.275. The molecule has 0 fully saturated rings. The van der Waals surface area contributed by atoms with Crippen molar-refractivity contribution in [3.05, 3.63) is 26.8 Å². The Morgan fingerprint density at radius 1 is 1.59 bits per heavy atom. The smallest absolute Gasteiger partial charge is 0.387 e. The molecule has 1 rings (SSSR count). The molecule has 0 atom stereocenters. The minimum atomic E-state index is -3.06. The van der Waals surface area contributed by atoms with Crippen LogP contribution >= 0.6 is 22.6 Å². The largest absolute Gasteiger partial charge is 0.481 e. The van der Waals surface area contributed by atoms with E-state index < -0.39 is 19.0 Å². The predicted molar refractivity (Wildman–Crippen MR) is 61.8 cm³/mol. The van der Waals surface area contributed by atoms with E-state index in [1.54, 1.807) is 22.6 Å². The van der Waals surface area contributed by atoms with E-state index in [0.29, 0.717) is 0 Å². The number of carbonyl (C=O) groups is 1. The lowest BCUT2D eigenvalue weighted by molar-refractivity contribution is -0.136. The number of carboxylic acid groups (broad SMARTS) is 1. The minimum Gasteiger partial charge on any atom is -0.481 e. The average molecular weight is 353 g/mol. The van der Waals surface area contributed by atoms with Gasteiger partial charge in [0.1, 0.15) is 11.8 Å². The number of hydrogen-bond acceptors (Lipinski definition) is 3. The first-order valence-corrected chi connectivity index (χ1v) is 5.41. The monoisotopic (exact) mass is 353 g/mol. The third-order valence-corrected chi connectivity index (χ3v) is 2.92. The average Bonchev–Trinajstić information content (AvgIpc) is 2.22. The normalized spacial score (nSPS) is 10.1. The van der Waals surface area contributed by atoms with Gasteiger partial charge in [0.2, 0.25) is 0 Å². The fraction of sp³-hybridized carbons (Fsp3) is 0.200. The molecule has 0 aromatic heterocycles. The molecule has 0 aliphatic heterocycles. The molecular weight excluding hydrogens is 347 g/mol. The van der Waals surface area contributed by atoms with Crippen molar-refractivity contribution >= 4 is 28.6 Å². The van der Waals surface area contributed by atoms with Crippen molar-refractivity contribution in [2.75, 3.05) is 0 Å². The van der Waals surface area contributed by atoms with E-state index in [1.165, 1.54) is 12.1 Å². The van der Waals surface area contributed by atoms with E-state index in [9.17, 15) is 13.6 Å². The van der Waals surface area contributed by atoms with Gasteiger partial charge in [-0.2, -0.15) is 14.0 Å². The molecule has 0 unspecified atom stereocenters. The number of rotatable bonds is 4. The Balaban J connectivity index is 3.26. The van der Waals surface area contributed by atoms with Gasteiger partial charge in [-0.1, -0.05) is 6.07 Å². The van der Waals surface area contributed by atoms with Crippen LogP contribution in [-0.4, -0.2) is 17.7 Å². The number of halogens is 3. The molecule has 1 N–H and O–H groups in total. The van der Waals surface area contributed by atoms with Gasteiger partial charge in [0.25, 0.3) is 0 Å². The summed E-state index contributed by atoms with van der Waals surface area (Å²) in [4.78, 5) is 10.6.